The molecule has 0 aliphatic rings. The summed E-state index contributed by atoms with van der Waals surface area (Å²) >= 11 is 0. The molecule has 0 bridgehead atoms. The van der Waals surface area contributed by atoms with Crippen LogP contribution in [0.5, 0.6) is 17.2 Å². The van der Waals surface area contributed by atoms with Crippen molar-refractivity contribution in [1.29, 1.82) is 0 Å². The van der Waals surface area contributed by atoms with Crippen LogP contribution in [0.3, 0.4) is 0 Å². The van der Waals surface area contributed by atoms with Crippen LogP contribution in [0, 0.1) is 6.92 Å². The molecule has 0 amide bonds. The van der Waals surface area contributed by atoms with Gasteiger partial charge in [0.15, 0.2) is 6.29 Å². The van der Waals surface area contributed by atoms with Gasteiger partial charge in [-0.2, -0.15) is 8.42 Å². The maximum absolute atomic E-state index is 12.5. The lowest BCUT2D eigenvalue weighted by atomic mass is 10.2. The van der Waals surface area contributed by atoms with Gasteiger partial charge in [-0.15, -0.1) is 0 Å². The van der Waals surface area contributed by atoms with Gasteiger partial charge in [-0.1, -0.05) is 19.1 Å². The van der Waals surface area contributed by atoms with Gasteiger partial charge in [0.25, 0.3) is 0 Å². The first-order chi connectivity index (χ1) is 11.4. The fourth-order valence-corrected chi connectivity index (χ4v) is 3.15. The lowest BCUT2D eigenvalue weighted by molar-refractivity contribution is -0.0192. The molecule has 0 aromatic heterocycles. The Kier molecular flexibility index (Phi) is 5.69. The van der Waals surface area contributed by atoms with Crippen LogP contribution in [0.1, 0.15) is 18.9 Å². The van der Waals surface area contributed by atoms with Crippen molar-refractivity contribution in [3.63, 3.8) is 0 Å². The number of aryl methyl sites for hydroxylation is 1. The predicted octanol–water partition coefficient (Wildman–Crippen LogP) is 2.88. The number of aliphatic hydroxyl groups is 1. The van der Waals surface area contributed by atoms with Crippen molar-refractivity contribution >= 4 is 10.1 Å². The number of hydrogen-bond acceptors (Lipinski definition) is 6. The minimum Gasteiger partial charge on any atom is -0.495 e. The fourth-order valence-electron chi connectivity index (χ4n) is 2.07. The van der Waals surface area contributed by atoms with Gasteiger partial charge in [0.05, 0.1) is 7.11 Å². The van der Waals surface area contributed by atoms with Crippen molar-refractivity contribution < 1.29 is 27.2 Å². The molecule has 6 nitrogen and oxygen atoms in total. The minimum absolute atomic E-state index is 0.0648. The van der Waals surface area contributed by atoms with E-state index in [2.05, 4.69) is 0 Å². The van der Waals surface area contributed by atoms with E-state index in [4.69, 9.17) is 13.7 Å². The quantitative estimate of drug-likeness (QED) is 0.609. The van der Waals surface area contributed by atoms with E-state index in [-0.39, 0.29) is 16.4 Å². The molecule has 0 saturated heterocycles. The van der Waals surface area contributed by atoms with Crippen LogP contribution in [0.2, 0.25) is 0 Å². The van der Waals surface area contributed by atoms with E-state index in [0.29, 0.717) is 12.2 Å². The Balaban J connectivity index is 2.32. The van der Waals surface area contributed by atoms with E-state index in [1.807, 2.05) is 0 Å². The summed E-state index contributed by atoms with van der Waals surface area (Å²) in [5.41, 5.74) is 0.737. The van der Waals surface area contributed by atoms with Crippen molar-refractivity contribution in [3.05, 3.63) is 48.0 Å². The Morgan fingerprint density at radius 2 is 1.79 bits per heavy atom. The van der Waals surface area contributed by atoms with Gasteiger partial charge in [0.1, 0.15) is 22.1 Å². The van der Waals surface area contributed by atoms with E-state index in [0.717, 1.165) is 5.56 Å². The molecule has 130 valence electrons. The smallest absolute Gasteiger partial charge is 0.342 e. The van der Waals surface area contributed by atoms with Crippen LogP contribution in [-0.4, -0.2) is 26.9 Å². The highest BCUT2D eigenvalue weighted by Gasteiger charge is 2.22. The average molecular weight is 352 g/mol. The SMILES string of the molecule is CCC(O)Oc1cc(C)cc(OS(=O)(=O)c2ccccc2OC)c1. The van der Waals surface area contributed by atoms with Crippen LogP contribution in [0.15, 0.2) is 47.4 Å². The largest absolute Gasteiger partial charge is 0.495 e. The number of hydrogen-bond donors (Lipinski definition) is 1. The highest BCUT2D eigenvalue weighted by molar-refractivity contribution is 7.87. The van der Waals surface area contributed by atoms with Gasteiger partial charge < -0.3 is 18.8 Å². The van der Waals surface area contributed by atoms with Crippen molar-refractivity contribution in [3.8, 4) is 17.2 Å². The summed E-state index contributed by atoms with van der Waals surface area (Å²) in [5, 5.41) is 9.57. The van der Waals surface area contributed by atoms with E-state index in [1.54, 1.807) is 44.2 Å². The van der Waals surface area contributed by atoms with Crippen molar-refractivity contribution in [2.24, 2.45) is 0 Å². The number of aliphatic hydroxyl groups excluding tert-OH is 1. The molecule has 0 radical (unpaired) electrons. The standard InChI is InChI=1S/C17H20O6S/c1-4-17(18)22-13-9-12(2)10-14(11-13)23-24(19,20)16-8-6-5-7-15(16)21-3/h5-11,17-18H,4H2,1-3H3. The molecule has 2 rings (SSSR count). The first-order valence-electron chi connectivity index (χ1n) is 7.39. The third-order valence-corrected chi connectivity index (χ3v) is 4.48. The van der Waals surface area contributed by atoms with Gasteiger partial charge in [-0.3, -0.25) is 0 Å². The Hall–Kier alpha value is -2.25. The lowest BCUT2D eigenvalue weighted by Gasteiger charge is -2.14. The molecular formula is C17H20O6S. The summed E-state index contributed by atoms with van der Waals surface area (Å²) in [7, 11) is -2.68. The second-order valence-corrected chi connectivity index (χ2v) is 6.67. The molecule has 0 aliphatic carbocycles. The van der Waals surface area contributed by atoms with Gasteiger partial charge >= 0.3 is 10.1 Å². The number of para-hydroxylation sites is 1. The maximum Gasteiger partial charge on any atom is 0.342 e. The molecule has 7 heteroatoms. The molecule has 0 fully saturated rings. The van der Waals surface area contributed by atoms with Gasteiger partial charge in [0, 0.05) is 12.5 Å². The summed E-state index contributed by atoms with van der Waals surface area (Å²) < 4.78 is 40.6. The van der Waals surface area contributed by atoms with Crippen molar-refractivity contribution in [1.82, 2.24) is 0 Å². The molecule has 0 spiro atoms. The second kappa shape index (κ2) is 7.55. The molecule has 1 N–H and O–H groups in total. The van der Waals surface area contributed by atoms with Crippen molar-refractivity contribution in [2.45, 2.75) is 31.5 Å². The van der Waals surface area contributed by atoms with Crippen LogP contribution >= 0.6 is 0 Å². The molecule has 0 aliphatic heterocycles. The summed E-state index contributed by atoms with van der Waals surface area (Å²) in [4.78, 5) is -0.0648. The summed E-state index contributed by atoms with van der Waals surface area (Å²) in [6, 6.07) is 10.9. The molecular weight excluding hydrogens is 332 g/mol. The fraction of sp³-hybridized carbons (Fsp3) is 0.294. The Morgan fingerprint density at radius 1 is 1.12 bits per heavy atom. The van der Waals surface area contributed by atoms with Gasteiger partial charge in [-0.25, -0.2) is 0 Å². The molecule has 0 heterocycles. The number of methoxy groups -OCH3 is 1. The van der Waals surface area contributed by atoms with E-state index in [9.17, 15) is 13.5 Å². The van der Waals surface area contributed by atoms with Crippen molar-refractivity contribution in [2.75, 3.05) is 7.11 Å². The number of ether oxygens (including phenoxy) is 2. The first-order valence-corrected chi connectivity index (χ1v) is 8.80. The number of rotatable bonds is 7. The van der Waals surface area contributed by atoms with E-state index >= 15 is 0 Å². The van der Waals surface area contributed by atoms with Crippen LogP contribution in [0.25, 0.3) is 0 Å². The third-order valence-electron chi connectivity index (χ3n) is 3.19. The zero-order valence-electron chi connectivity index (χ0n) is 13.7. The maximum atomic E-state index is 12.5. The van der Waals surface area contributed by atoms with Crippen LogP contribution < -0.4 is 13.7 Å². The molecule has 2 aromatic rings. The van der Waals surface area contributed by atoms with Crippen LogP contribution in [0.4, 0.5) is 0 Å². The summed E-state index contributed by atoms with van der Waals surface area (Å²) in [6.45, 7) is 3.54. The van der Waals surface area contributed by atoms with E-state index in [1.165, 1.54) is 19.2 Å². The van der Waals surface area contributed by atoms with E-state index < -0.39 is 16.4 Å². The third kappa shape index (κ3) is 4.39. The summed E-state index contributed by atoms with van der Waals surface area (Å²) in [5.74, 6) is 0.622. The highest BCUT2D eigenvalue weighted by Crippen LogP contribution is 2.29. The Morgan fingerprint density at radius 3 is 2.46 bits per heavy atom. The zero-order chi connectivity index (χ0) is 17.7. The summed E-state index contributed by atoms with van der Waals surface area (Å²) in [6.07, 6.45) is -0.561. The Labute approximate surface area is 141 Å². The zero-order valence-corrected chi connectivity index (χ0v) is 14.5. The predicted molar refractivity (Wildman–Crippen MR) is 88.9 cm³/mol. The van der Waals surface area contributed by atoms with Gasteiger partial charge in [0.2, 0.25) is 0 Å². The highest BCUT2D eigenvalue weighted by atomic mass is 32.2. The second-order valence-electron chi connectivity index (χ2n) is 5.15. The average Bonchev–Trinajstić information content (AvgIpc) is 2.53. The molecule has 2 aromatic carbocycles. The first kappa shape index (κ1) is 18.1. The molecule has 1 atom stereocenters. The Bertz CT molecular complexity index is 800. The lowest BCUT2D eigenvalue weighted by Crippen LogP contribution is -2.14. The molecule has 0 saturated carbocycles. The monoisotopic (exact) mass is 352 g/mol. The number of benzene rings is 2. The minimum atomic E-state index is -4.07. The normalized spacial score (nSPS) is 12.5. The molecule has 24 heavy (non-hydrogen) atoms. The van der Waals surface area contributed by atoms with Gasteiger partial charge in [-0.05, 0) is 36.8 Å². The molecule has 1 unspecified atom stereocenters. The van der Waals surface area contributed by atoms with Crippen LogP contribution in [-0.2, 0) is 10.1 Å². The topological polar surface area (TPSA) is 82.1 Å².